The number of unbranched alkanes of at least 4 members (excludes halogenated alkanes) is 4. The van der Waals surface area contributed by atoms with Gasteiger partial charge in [-0.2, -0.15) is 0 Å². The molecule has 0 aliphatic heterocycles. The summed E-state index contributed by atoms with van der Waals surface area (Å²) in [6, 6.07) is 0. The molecule has 0 aliphatic rings. The highest BCUT2D eigenvalue weighted by Gasteiger charge is 2.18. The van der Waals surface area contributed by atoms with Crippen molar-refractivity contribution < 1.29 is 14.0 Å². The van der Waals surface area contributed by atoms with E-state index in [9.17, 15) is 9.46 Å². The van der Waals surface area contributed by atoms with Gasteiger partial charge in [0.25, 0.3) is 0 Å². The fourth-order valence-corrected chi connectivity index (χ4v) is 2.27. The number of hydrogen-bond acceptors (Lipinski definition) is 3. The van der Waals surface area contributed by atoms with Crippen LogP contribution in [0.5, 0.6) is 0 Å². The van der Waals surface area contributed by atoms with E-state index >= 15 is 0 Å². The summed E-state index contributed by atoms with van der Waals surface area (Å²) < 4.78 is 15.5. The van der Waals surface area contributed by atoms with E-state index in [1.54, 1.807) is 0 Å². The number of rotatable bonds is 10. The molecule has 2 unspecified atom stereocenters. The Kier molecular flexibility index (Phi) is 10.2. The normalized spacial score (nSPS) is 14.2. The molecule has 0 bridgehead atoms. The van der Waals surface area contributed by atoms with Crippen LogP contribution < -0.4 is 4.89 Å². The molecule has 0 fully saturated rings. The van der Waals surface area contributed by atoms with Crippen molar-refractivity contribution in [1.82, 2.24) is 0 Å². The maximum Gasteiger partial charge on any atom is 0.488 e. The summed E-state index contributed by atoms with van der Waals surface area (Å²) in [6.07, 6.45) is 7.59. The van der Waals surface area contributed by atoms with E-state index in [1.165, 1.54) is 25.7 Å². The van der Waals surface area contributed by atoms with Crippen molar-refractivity contribution in [3.8, 4) is 0 Å². The molecule has 2 atom stereocenters. The van der Waals surface area contributed by atoms with Crippen LogP contribution in [0.4, 0.5) is 0 Å². The number of hydrogen-bond donors (Lipinski definition) is 0. The molecule has 4 heteroatoms. The third kappa shape index (κ3) is 10.5. The molecule has 0 aromatic heterocycles. The first-order valence-electron chi connectivity index (χ1n) is 6.37. The molecule has 0 saturated heterocycles. The van der Waals surface area contributed by atoms with Crippen molar-refractivity contribution in [2.75, 3.05) is 0 Å². The lowest BCUT2D eigenvalue weighted by Crippen LogP contribution is -2.14. The summed E-state index contributed by atoms with van der Waals surface area (Å²) in [4.78, 5) is 10.5. The first-order chi connectivity index (χ1) is 7.56. The van der Waals surface area contributed by atoms with Crippen LogP contribution in [0.15, 0.2) is 0 Å². The van der Waals surface area contributed by atoms with Gasteiger partial charge in [0, 0.05) is 0 Å². The zero-order valence-electron chi connectivity index (χ0n) is 10.8. The van der Waals surface area contributed by atoms with E-state index in [0.717, 1.165) is 19.3 Å². The minimum atomic E-state index is -2.70. The van der Waals surface area contributed by atoms with Crippen LogP contribution in [0, 0.1) is 5.92 Å². The van der Waals surface area contributed by atoms with Crippen molar-refractivity contribution in [2.24, 2.45) is 5.92 Å². The molecular formula is C12H25O3P. The van der Waals surface area contributed by atoms with Gasteiger partial charge in [-0.25, -0.2) is 0 Å². The van der Waals surface area contributed by atoms with E-state index in [2.05, 4.69) is 20.8 Å². The van der Waals surface area contributed by atoms with Gasteiger partial charge in [0.05, 0.1) is 0 Å². The Bertz CT molecular complexity index is 183. The summed E-state index contributed by atoms with van der Waals surface area (Å²) in [6.45, 7) is 6.36. The molecule has 0 aromatic carbocycles. The van der Waals surface area contributed by atoms with Crippen LogP contribution in [-0.4, -0.2) is 6.10 Å². The Morgan fingerprint density at radius 2 is 1.81 bits per heavy atom. The van der Waals surface area contributed by atoms with Gasteiger partial charge in [0.1, 0.15) is 6.10 Å². The third-order valence-electron chi connectivity index (χ3n) is 2.60. The van der Waals surface area contributed by atoms with E-state index < -0.39 is 8.25 Å². The predicted molar refractivity (Wildman–Crippen MR) is 65.3 cm³/mol. The summed E-state index contributed by atoms with van der Waals surface area (Å²) >= 11 is 0. The summed E-state index contributed by atoms with van der Waals surface area (Å²) in [7, 11) is -2.70. The summed E-state index contributed by atoms with van der Waals surface area (Å²) in [5.41, 5.74) is 0. The molecule has 0 heterocycles. The van der Waals surface area contributed by atoms with E-state index in [1.807, 2.05) is 0 Å². The Balaban J connectivity index is 3.69. The fraction of sp³-hybridized carbons (Fsp3) is 1.00. The molecule has 0 radical (unpaired) electrons. The van der Waals surface area contributed by atoms with Crippen LogP contribution in [0.2, 0.25) is 0 Å². The van der Waals surface area contributed by atoms with Crippen molar-refractivity contribution in [1.29, 1.82) is 0 Å². The third-order valence-corrected chi connectivity index (χ3v) is 3.07. The van der Waals surface area contributed by atoms with Crippen molar-refractivity contribution >= 4 is 8.25 Å². The molecule has 0 N–H and O–H groups in total. The van der Waals surface area contributed by atoms with Gasteiger partial charge in [0.2, 0.25) is 0 Å². The van der Waals surface area contributed by atoms with Crippen LogP contribution in [-0.2, 0) is 9.09 Å². The van der Waals surface area contributed by atoms with Crippen LogP contribution in [0.1, 0.15) is 65.7 Å². The standard InChI is InChI=1S/C12H25O3P/c1-4-5-6-7-8-9-12(10-11(2)3)15-16(13)14/h11-12H,4-10H2,1-3H3. The second kappa shape index (κ2) is 10.2. The minimum Gasteiger partial charge on any atom is -0.566 e. The van der Waals surface area contributed by atoms with Gasteiger partial charge < -0.3 is 4.89 Å². The zero-order valence-corrected chi connectivity index (χ0v) is 11.7. The smallest absolute Gasteiger partial charge is 0.488 e. The first-order valence-corrected chi connectivity index (χ1v) is 7.47. The van der Waals surface area contributed by atoms with Crippen LogP contribution >= 0.6 is 8.25 Å². The molecule has 0 aromatic rings. The Morgan fingerprint density at radius 1 is 1.19 bits per heavy atom. The lowest BCUT2D eigenvalue weighted by Gasteiger charge is -2.13. The maximum absolute atomic E-state index is 10.5. The maximum atomic E-state index is 10.5. The van der Waals surface area contributed by atoms with Gasteiger partial charge in [-0.3, -0.25) is 0 Å². The van der Waals surface area contributed by atoms with Crippen molar-refractivity contribution in [3.63, 3.8) is 0 Å². The predicted octanol–water partition coefficient (Wildman–Crippen LogP) is 3.80. The second-order valence-electron chi connectivity index (χ2n) is 4.78. The Hall–Kier alpha value is 0.0200. The van der Waals surface area contributed by atoms with Gasteiger partial charge in [-0.1, -0.05) is 52.9 Å². The van der Waals surface area contributed by atoms with E-state index in [0.29, 0.717) is 5.92 Å². The highest BCUT2D eigenvalue weighted by molar-refractivity contribution is 7.30. The minimum absolute atomic E-state index is 0.109. The van der Waals surface area contributed by atoms with E-state index in [4.69, 9.17) is 4.52 Å². The zero-order chi connectivity index (χ0) is 12.4. The van der Waals surface area contributed by atoms with Gasteiger partial charge in [-0.15, -0.1) is 4.52 Å². The SMILES string of the molecule is CCCCCCCC(CC(C)C)O[P+](=O)[O-]. The molecule has 16 heavy (non-hydrogen) atoms. The molecule has 96 valence electrons. The molecule has 0 aliphatic carbocycles. The van der Waals surface area contributed by atoms with Crippen molar-refractivity contribution in [2.45, 2.75) is 71.8 Å². The lowest BCUT2D eigenvalue weighted by atomic mass is 10.0. The average molecular weight is 248 g/mol. The molecule has 0 rings (SSSR count). The van der Waals surface area contributed by atoms with Crippen LogP contribution in [0.3, 0.4) is 0 Å². The van der Waals surface area contributed by atoms with Crippen molar-refractivity contribution in [3.05, 3.63) is 0 Å². The van der Waals surface area contributed by atoms with E-state index in [-0.39, 0.29) is 6.10 Å². The topological polar surface area (TPSA) is 49.4 Å². The molecular weight excluding hydrogens is 223 g/mol. The average Bonchev–Trinajstić information content (AvgIpc) is 2.15. The second-order valence-corrected chi connectivity index (χ2v) is 5.44. The first kappa shape index (κ1) is 16.0. The van der Waals surface area contributed by atoms with Crippen LogP contribution in [0.25, 0.3) is 0 Å². The Labute approximate surface area is 101 Å². The molecule has 0 amide bonds. The van der Waals surface area contributed by atoms with Gasteiger partial charge in [0.15, 0.2) is 0 Å². The lowest BCUT2D eigenvalue weighted by molar-refractivity contribution is -0.190. The quantitative estimate of drug-likeness (QED) is 0.436. The Morgan fingerprint density at radius 3 is 2.31 bits per heavy atom. The highest BCUT2D eigenvalue weighted by atomic mass is 31.1. The summed E-state index contributed by atoms with van der Waals surface area (Å²) in [5.74, 6) is 0.482. The van der Waals surface area contributed by atoms with Gasteiger partial charge in [-0.05, 0) is 23.3 Å². The monoisotopic (exact) mass is 248 g/mol. The molecule has 0 saturated carbocycles. The fourth-order valence-electron chi connectivity index (χ4n) is 1.84. The summed E-state index contributed by atoms with van der Waals surface area (Å²) in [5, 5.41) is 0. The molecule has 0 spiro atoms. The molecule has 3 nitrogen and oxygen atoms in total. The highest BCUT2D eigenvalue weighted by Crippen LogP contribution is 2.23. The van der Waals surface area contributed by atoms with Gasteiger partial charge >= 0.3 is 8.25 Å². The largest absolute Gasteiger partial charge is 0.566 e.